The van der Waals surface area contributed by atoms with Gasteiger partial charge in [-0.1, -0.05) is 19.9 Å². The smallest absolute Gasteiger partial charge is 0.251 e. The Hall–Kier alpha value is -1.40. The molecule has 0 radical (unpaired) electrons. The molecule has 130 valence electrons. The van der Waals surface area contributed by atoms with Crippen molar-refractivity contribution in [2.24, 2.45) is 5.92 Å². The fraction of sp³-hybridized carbons (Fsp3) is 0.588. The Morgan fingerprint density at radius 3 is 2.35 bits per heavy atom. The topological polar surface area (TPSA) is 75.3 Å². The Balaban J connectivity index is 3.02. The van der Waals surface area contributed by atoms with E-state index in [1.54, 1.807) is 33.8 Å². The lowest BCUT2D eigenvalue weighted by Crippen LogP contribution is -2.40. The van der Waals surface area contributed by atoms with E-state index in [1.807, 2.05) is 0 Å². The monoisotopic (exact) mass is 340 g/mol. The quantitative estimate of drug-likeness (QED) is 0.836. The summed E-state index contributed by atoms with van der Waals surface area (Å²) in [5.74, 6) is 0.259. The van der Waals surface area contributed by atoms with Gasteiger partial charge in [0.25, 0.3) is 5.91 Å². The van der Waals surface area contributed by atoms with Gasteiger partial charge in [0.15, 0.2) is 0 Å². The fourth-order valence-corrected chi connectivity index (χ4v) is 3.49. The Labute approximate surface area is 139 Å². The fourth-order valence-electron chi connectivity index (χ4n) is 2.04. The van der Waals surface area contributed by atoms with Crippen LogP contribution in [0.1, 0.15) is 57.0 Å². The number of nitrogens with one attached hydrogen (secondary N) is 2. The first-order valence-electron chi connectivity index (χ1n) is 7.85. The highest BCUT2D eigenvalue weighted by Crippen LogP contribution is 2.17. The van der Waals surface area contributed by atoms with Crippen molar-refractivity contribution in [3.8, 4) is 0 Å². The molecule has 0 atom stereocenters. The van der Waals surface area contributed by atoms with Gasteiger partial charge in [-0.25, -0.2) is 13.1 Å². The molecule has 6 heteroatoms. The van der Waals surface area contributed by atoms with Crippen LogP contribution < -0.4 is 10.0 Å². The molecule has 1 rings (SSSR count). The van der Waals surface area contributed by atoms with Gasteiger partial charge in [-0.15, -0.1) is 0 Å². The van der Waals surface area contributed by atoms with Crippen LogP contribution in [0.25, 0.3) is 0 Å². The molecule has 0 unspecified atom stereocenters. The lowest BCUT2D eigenvalue weighted by molar-refractivity contribution is 0.0951. The zero-order chi connectivity index (χ0) is 17.8. The molecule has 0 aromatic heterocycles. The Morgan fingerprint density at radius 1 is 1.22 bits per heavy atom. The maximum absolute atomic E-state index is 12.4. The highest BCUT2D eigenvalue weighted by atomic mass is 32.2. The molecule has 0 saturated heterocycles. The SMILES string of the molecule is Cc1ccc(S(=O)(=O)NC(C)(C)C)cc1C(=O)NCCC(C)C. The third-order valence-corrected chi connectivity index (χ3v) is 4.97. The molecule has 0 bridgehead atoms. The van der Waals surface area contributed by atoms with E-state index in [9.17, 15) is 13.2 Å². The van der Waals surface area contributed by atoms with E-state index in [0.29, 0.717) is 18.0 Å². The van der Waals surface area contributed by atoms with Crippen LogP contribution in [0, 0.1) is 12.8 Å². The summed E-state index contributed by atoms with van der Waals surface area (Å²) in [6, 6.07) is 4.62. The van der Waals surface area contributed by atoms with E-state index in [2.05, 4.69) is 23.9 Å². The number of carbonyl (C=O) groups excluding carboxylic acids is 1. The molecule has 2 N–H and O–H groups in total. The van der Waals surface area contributed by atoms with E-state index in [1.165, 1.54) is 12.1 Å². The minimum Gasteiger partial charge on any atom is -0.352 e. The summed E-state index contributed by atoms with van der Waals surface area (Å²) < 4.78 is 27.4. The molecular formula is C17H28N2O3S. The van der Waals surface area contributed by atoms with Crippen molar-refractivity contribution in [2.75, 3.05) is 6.54 Å². The molecule has 1 aromatic rings. The van der Waals surface area contributed by atoms with Gasteiger partial charge in [-0.05, 0) is 57.7 Å². The maximum atomic E-state index is 12.4. The third kappa shape index (κ3) is 6.31. The van der Waals surface area contributed by atoms with Crippen LogP contribution >= 0.6 is 0 Å². The van der Waals surface area contributed by atoms with Gasteiger partial charge in [0.2, 0.25) is 10.0 Å². The summed E-state index contributed by atoms with van der Waals surface area (Å²) in [4.78, 5) is 12.4. The van der Waals surface area contributed by atoms with Gasteiger partial charge in [0.1, 0.15) is 0 Å². The minimum absolute atomic E-state index is 0.104. The lowest BCUT2D eigenvalue weighted by atomic mass is 10.1. The second-order valence-electron chi connectivity index (χ2n) is 7.27. The van der Waals surface area contributed by atoms with Crippen molar-refractivity contribution in [1.82, 2.24) is 10.0 Å². The largest absolute Gasteiger partial charge is 0.352 e. The second kappa shape index (κ2) is 7.45. The number of sulfonamides is 1. The molecule has 0 spiro atoms. The van der Waals surface area contributed by atoms with Gasteiger partial charge in [0, 0.05) is 17.6 Å². The van der Waals surface area contributed by atoms with Gasteiger partial charge in [0.05, 0.1) is 4.90 Å². The second-order valence-corrected chi connectivity index (χ2v) is 8.95. The van der Waals surface area contributed by atoms with E-state index < -0.39 is 15.6 Å². The number of rotatable bonds is 6. The van der Waals surface area contributed by atoms with Crippen LogP contribution in [0.4, 0.5) is 0 Å². The van der Waals surface area contributed by atoms with E-state index >= 15 is 0 Å². The summed E-state index contributed by atoms with van der Waals surface area (Å²) in [7, 11) is -3.65. The lowest BCUT2D eigenvalue weighted by Gasteiger charge is -2.20. The number of hydrogen-bond acceptors (Lipinski definition) is 3. The average molecular weight is 340 g/mol. The van der Waals surface area contributed by atoms with E-state index in [4.69, 9.17) is 0 Å². The maximum Gasteiger partial charge on any atom is 0.251 e. The molecular weight excluding hydrogens is 312 g/mol. The molecule has 23 heavy (non-hydrogen) atoms. The number of hydrogen-bond donors (Lipinski definition) is 2. The molecule has 0 fully saturated rings. The first-order chi connectivity index (χ1) is 10.4. The summed E-state index contributed by atoms with van der Waals surface area (Å²) in [6.07, 6.45) is 0.883. The Morgan fingerprint density at radius 2 is 1.83 bits per heavy atom. The molecule has 0 aliphatic heterocycles. The molecule has 0 aliphatic rings. The predicted molar refractivity (Wildman–Crippen MR) is 93.0 cm³/mol. The third-order valence-electron chi connectivity index (χ3n) is 3.21. The van der Waals surface area contributed by atoms with Gasteiger partial charge in [-0.3, -0.25) is 4.79 Å². The van der Waals surface area contributed by atoms with E-state index in [-0.39, 0.29) is 10.8 Å². The van der Waals surface area contributed by atoms with Crippen LogP contribution in [-0.4, -0.2) is 26.4 Å². The van der Waals surface area contributed by atoms with Crippen molar-refractivity contribution < 1.29 is 13.2 Å². The van der Waals surface area contributed by atoms with Crippen LogP contribution in [0.5, 0.6) is 0 Å². The molecule has 0 heterocycles. The average Bonchev–Trinajstić information content (AvgIpc) is 2.35. The van der Waals surface area contributed by atoms with Crippen LogP contribution in [0.2, 0.25) is 0 Å². The molecule has 0 saturated carbocycles. The highest BCUT2D eigenvalue weighted by Gasteiger charge is 2.23. The Bertz CT molecular complexity index is 659. The standard InChI is InChI=1S/C17H28N2O3S/c1-12(2)9-10-18-16(20)15-11-14(8-7-13(15)3)23(21,22)19-17(4,5)6/h7-8,11-12,19H,9-10H2,1-6H3,(H,18,20). The normalized spacial score (nSPS) is 12.5. The highest BCUT2D eigenvalue weighted by molar-refractivity contribution is 7.89. The molecule has 0 aliphatic carbocycles. The zero-order valence-electron chi connectivity index (χ0n) is 14.9. The first kappa shape index (κ1) is 19.6. The van der Waals surface area contributed by atoms with Gasteiger partial charge >= 0.3 is 0 Å². The van der Waals surface area contributed by atoms with Crippen molar-refractivity contribution >= 4 is 15.9 Å². The predicted octanol–water partition coefficient (Wildman–Crippen LogP) is 2.85. The summed E-state index contributed by atoms with van der Waals surface area (Å²) in [5.41, 5.74) is 0.566. The van der Waals surface area contributed by atoms with Gasteiger partial charge in [-0.2, -0.15) is 0 Å². The Kier molecular flexibility index (Phi) is 6.36. The number of amides is 1. The molecule has 1 amide bonds. The minimum atomic E-state index is -3.65. The van der Waals surface area contributed by atoms with Crippen molar-refractivity contribution in [1.29, 1.82) is 0 Å². The number of benzene rings is 1. The first-order valence-corrected chi connectivity index (χ1v) is 9.33. The zero-order valence-corrected chi connectivity index (χ0v) is 15.7. The summed E-state index contributed by atoms with van der Waals surface area (Å²) in [5, 5.41) is 2.84. The van der Waals surface area contributed by atoms with Gasteiger partial charge < -0.3 is 5.32 Å². The summed E-state index contributed by atoms with van der Waals surface area (Å²) in [6.45, 7) is 11.9. The molecule has 1 aromatic carbocycles. The number of carbonyl (C=O) groups is 1. The number of aryl methyl sites for hydroxylation is 1. The van der Waals surface area contributed by atoms with Crippen LogP contribution in [0.3, 0.4) is 0 Å². The van der Waals surface area contributed by atoms with Crippen molar-refractivity contribution in [2.45, 2.75) is 58.4 Å². The van der Waals surface area contributed by atoms with Crippen LogP contribution in [0.15, 0.2) is 23.1 Å². The van der Waals surface area contributed by atoms with Crippen LogP contribution in [-0.2, 0) is 10.0 Å². The van der Waals surface area contributed by atoms with Crippen molar-refractivity contribution in [3.63, 3.8) is 0 Å². The van der Waals surface area contributed by atoms with Crippen molar-refractivity contribution in [3.05, 3.63) is 29.3 Å². The van der Waals surface area contributed by atoms with E-state index in [0.717, 1.165) is 12.0 Å². The summed E-state index contributed by atoms with van der Waals surface area (Å²) >= 11 is 0. The molecule has 5 nitrogen and oxygen atoms in total.